The summed E-state index contributed by atoms with van der Waals surface area (Å²) in [5.74, 6) is 0.875. The van der Waals surface area contributed by atoms with Crippen molar-refractivity contribution in [3.05, 3.63) is 64.1 Å². The van der Waals surface area contributed by atoms with Gasteiger partial charge in [-0.1, -0.05) is 41.6 Å². The number of rotatable bonds is 7. The van der Waals surface area contributed by atoms with Crippen LogP contribution in [-0.2, 0) is 17.8 Å². The van der Waals surface area contributed by atoms with Gasteiger partial charge >= 0.3 is 0 Å². The lowest BCUT2D eigenvalue weighted by atomic mass is 10.2. The highest BCUT2D eigenvalue weighted by Gasteiger charge is 2.11. The molecule has 136 valence electrons. The Balaban J connectivity index is 1.26. The van der Waals surface area contributed by atoms with Gasteiger partial charge in [0.25, 0.3) is 0 Å². The summed E-state index contributed by atoms with van der Waals surface area (Å²) in [7, 11) is 0. The number of thiophene rings is 1. The summed E-state index contributed by atoms with van der Waals surface area (Å²) in [6.07, 6.45) is 0.973. The van der Waals surface area contributed by atoms with Gasteiger partial charge < -0.3 is 9.84 Å². The second-order valence-electron chi connectivity index (χ2n) is 5.76. The van der Waals surface area contributed by atoms with Crippen LogP contribution in [0, 0.1) is 0 Å². The molecule has 8 heteroatoms. The Kier molecular flexibility index (Phi) is 5.36. The lowest BCUT2D eigenvalue weighted by molar-refractivity contribution is -0.121. The van der Waals surface area contributed by atoms with Crippen molar-refractivity contribution in [2.24, 2.45) is 0 Å². The molecule has 1 amide bonds. The number of benzene rings is 1. The molecule has 1 aromatic carbocycles. The van der Waals surface area contributed by atoms with E-state index in [1.54, 1.807) is 22.7 Å². The van der Waals surface area contributed by atoms with Crippen LogP contribution < -0.4 is 5.32 Å². The summed E-state index contributed by atoms with van der Waals surface area (Å²) in [5.41, 5.74) is 2.03. The van der Waals surface area contributed by atoms with Gasteiger partial charge in [-0.05, 0) is 11.4 Å². The van der Waals surface area contributed by atoms with Crippen LogP contribution in [0.3, 0.4) is 0 Å². The Bertz CT molecular complexity index is 1010. The molecule has 0 spiro atoms. The summed E-state index contributed by atoms with van der Waals surface area (Å²) >= 11 is 3.11. The number of aromatic nitrogens is 3. The molecule has 0 aliphatic carbocycles. The van der Waals surface area contributed by atoms with Crippen LogP contribution in [0.15, 0.2) is 57.7 Å². The van der Waals surface area contributed by atoms with E-state index in [2.05, 4.69) is 20.4 Å². The van der Waals surface area contributed by atoms with E-state index in [0.29, 0.717) is 24.6 Å². The number of nitrogens with one attached hydrogen (secondary N) is 1. The number of carbonyl (C=O) groups excluding carboxylic acids is 1. The molecule has 0 saturated carbocycles. The van der Waals surface area contributed by atoms with E-state index in [-0.39, 0.29) is 12.5 Å². The lowest BCUT2D eigenvalue weighted by Gasteiger charge is -2.00. The average Bonchev–Trinajstić information content (AvgIpc) is 3.47. The normalized spacial score (nSPS) is 10.8. The van der Waals surface area contributed by atoms with E-state index in [0.717, 1.165) is 21.1 Å². The minimum atomic E-state index is -0.0673. The van der Waals surface area contributed by atoms with Gasteiger partial charge in [-0.3, -0.25) is 4.79 Å². The van der Waals surface area contributed by atoms with Gasteiger partial charge in [-0.25, -0.2) is 4.98 Å². The predicted molar refractivity (Wildman–Crippen MR) is 105 cm³/mol. The van der Waals surface area contributed by atoms with Crippen LogP contribution >= 0.6 is 22.7 Å². The second-order valence-corrected chi connectivity index (χ2v) is 7.65. The van der Waals surface area contributed by atoms with Gasteiger partial charge in [0, 0.05) is 23.8 Å². The topological polar surface area (TPSA) is 80.9 Å². The Morgan fingerprint density at radius 3 is 2.78 bits per heavy atom. The first kappa shape index (κ1) is 17.6. The molecule has 0 fully saturated rings. The molecule has 0 aliphatic rings. The molecule has 0 saturated heterocycles. The number of nitrogens with zero attached hydrogens (tertiary/aromatic N) is 3. The predicted octanol–water partition coefficient (Wildman–Crippen LogP) is 4.17. The number of hydrogen-bond donors (Lipinski definition) is 1. The van der Waals surface area contributed by atoms with Gasteiger partial charge in [0.05, 0.1) is 22.1 Å². The molecule has 27 heavy (non-hydrogen) atoms. The van der Waals surface area contributed by atoms with E-state index in [4.69, 9.17) is 4.52 Å². The third-order valence-corrected chi connectivity index (χ3v) is 5.61. The number of aryl methyl sites for hydroxylation is 1. The molecule has 0 atom stereocenters. The van der Waals surface area contributed by atoms with Crippen molar-refractivity contribution in [3.63, 3.8) is 0 Å². The highest BCUT2D eigenvalue weighted by atomic mass is 32.1. The molecule has 0 aliphatic heterocycles. The molecular formula is C19H16N4O2S2. The summed E-state index contributed by atoms with van der Waals surface area (Å²) in [6.45, 7) is 0.227. The molecule has 6 nitrogen and oxygen atoms in total. The zero-order chi connectivity index (χ0) is 18.5. The van der Waals surface area contributed by atoms with Crippen molar-refractivity contribution in [2.75, 3.05) is 0 Å². The molecular weight excluding hydrogens is 380 g/mol. The van der Waals surface area contributed by atoms with Gasteiger partial charge in [-0.15, -0.1) is 22.7 Å². The number of thiazole rings is 1. The van der Waals surface area contributed by atoms with E-state index in [1.165, 1.54) is 0 Å². The summed E-state index contributed by atoms with van der Waals surface area (Å²) in [5, 5.41) is 11.7. The van der Waals surface area contributed by atoms with E-state index >= 15 is 0 Å². The SMILES string of the molecule is O=C(CCc1nc(-c2ccccc2)cs1)NCc1nc(-c2cccs2)no1. The first-order valence-electron chi connectivity index (χ1n) is 8.41. The van der Waals surface area contributed by atoms with Crippen molar-refractivity contribution >= 4 is 28.6 Å². The van der Waals surface area contributed by atoms with Gasteiger partial charge in [-0.2, -0.15) is 4.98 Å². The number of amides is 1. The second kappa shape index (κ2) is 8.24. The molecule has 4 aromatic rings. The van der Waals surface area contributed by atoms with Crippen molar-refractivity contribution in [1.82, 2.24) is 20.4 Å². The van der Waals surface area contributed by atoms with Gasteiger partial charge in [0.2, 0.25) is 17.6 Å². The standard InChI is InChI=1S/C19H16N4O2S2/c24-16(20-11-17-22-19(23-25-17)15-7-4-10-26-15)8-9-18-21-14(12-27-18)13-5-2-1-3-6-13/h1-7,10,12H,8-9,11H2,(H,20,24). The quantitative estimate of drug-likeness (QED) is 0.507. The van der Waals surface area contributed by atoms with Crippen LogP contribution in [0.25, 0.3) is 22.0 Å². The minimum absolute atomic E-state index is 0.0673. The van der Waals surface area contributed by atoms with Crippen LogP contribution in [0.4, 0.5) is 0 Å². The molecule has 3 aromatic heterocycles. The maximum atomic E-state index is 12.1. The molecule has 4 rings (SSSR count). The van der Waals surface area contributed by atoms with Crippen LogP contribution in [-0.4, -0.2) is 21.0 Å². The Morgan fingerprint density at radius 2 is 1.96 bits per heavy atom. The van der Waals surface area contributed by atoms with E-state index < -0.39 is 0 Å². The number of carbonyl (C=O) groups is 1. The van der Waals surface area contributed by atoms with Crippen LogP contribution in [0.2, 0.25) is 0 Å². The van der Waals surface area contributed by atoms with Gasteiger partial charge in [0.15, 0.2) is 0 Å². The van der Waals surface area contributed by atoms with Gasteiger partial charge in [0.1, 0.15) is 0 Å². The van der Waals surface area contributed by atoms with Crippen LogP contribution in [0.1, 0.15) is 17.3 Å². The molecule has 1 N–H and O–H groups in total. The third kappa shape index (κ3) is 4.47. The Labute approximate surface area is 163 Å². The maximum absolute atomic E-state index is 12.1. The molecule has 0 bridgehead atoms. The highest BCUT2D eigenvalue weighted by Crippen LogP contribution is 2.22. The third-order valence-electron chi connectivity index (χ3n) is 3.83. The van der Waals surface area contributed by atoms with Crippen molar-refractivity contribution in [1.29, 1.82) is 0 Å². The minimum Gasteiger partial charge on any atom is -0.347 e. The Morgan fingerprint density at radius 1 is 1.07 bits per heavy atom. The lowest BCUT2D eigenvalue weighted by Crippen LogP contribution is -2.23. The average molecular weight is 396 g/mol. The zero-order valence-electron chi connectivity index (χ0n) is 14.3. The smallest absolute Gasteiger partial charge is 0.246 e. The fourth-order valence-electron chi connectivity index (χ4n) is 2.48. The first-order chi connectivity index (χ1) is 13.3. The largest absolute Gasteiger partial charge is 0.347 e. The molecule has 0 radical (unpaired) electrons. The highest BCUT2D eigenvalue weighted by molar-refractivity contribution is 7.13. The zero-order valence-corrected chi connectivity index (χ0v) is 15.9. The summed E-state index contributed by atoms with van der Waals surface area (Å²) < 4.78 is 5.17. The fourth-order valence-corrected chi connectivity index (χ4v) is 3.94. The summed E-state index contributed by atoms with van der Waals surface area (Å²) in [6, 6.07) is 13.9. The number of hydrogen-bond acceptors (Lipinski definition) is 7. The molecule has 3 heterocycles. The van der Waals surface area contributed by atoms with Crippen molar-refractivity contribution < 1.29 is 9.32 Å². The fraction of sp³-hybridized carbons (Fsp3) is 0.158. The van der Waals surface area contributed by atoms with Crippen molar-refractivity contribution in [2.45, 2.75) is 19.4 Å². The molecule has 0 unspecified atom stereocenters. The maximum Gasteiger partial charge on any atom is 0.246 e. The monoisotopic (exact) mass is 396 g/mol. The van der Waals surface area contributed by atoms with Crippen LogP contribution in [0.5, 0.6) is 0 Å². The van der Waals surface area contributed by atoms with Crippen molar-refractivity contribution in [3.8, 4) is 22.0 Å². The van der Waals surface area contributed by atoms with E-state index in [9.17, 15) is 4.79 Å². The first-order valence-corrected chi connectivity index (χ1v) is 10.2. The Hall–Kier alpha value is -2.84. The summed E-state index contributed by atoms with van der Waals surface area (Å²) in [4.78, 5) is 21.9. The van der Waals surface area contributed by atoms with E-state index in [1.807, 2.05) is 53.2 Å².